The Labute approximate surface area is 123 Å². The van der Waals surface area contributed by atoms with Crippen molar-refractivity contribution in [1.29, 1.82) is 0 Å². The molecule has 1 saturated heterocycles. The van der Waals surface area contributed by atoms with E-state index in [1.54, 1.807) is 7.11 Å². The fourth-order valence-corrected chi connectivity index (χ4v) is 3.14. The second kappa shape index (κ2) is 6.25. The number of halogens is 1. The van der Waals surface area contributed by atoms with E-state index in [-0.39, 0.29) is 11.6 Å². The van der Waals surface area contributed by atoms with E-state index in [4.69, 9.17) is 15.2 Å². The predicted octanol–water partition coefficient (Wildman–Crippen LogP) is 3.29. The Morgan fingerprint density at radius 2 is 2.26 bits per heavy atom. The molecule has 2 N–H and O–H groups in total. The SMILES string of the molecule is COc1ccc(CC(N)C2(C)CCCCO2)cc1Br. The van der Waals surface area contributed by atoms with E-state index < -0.39 is 0 Å². The number of nitrogens with two attached hydrogens (primary N) is 1. The average molecular weight is 328 g/mol. The van der Waals surface area contributed by atoms with Crippen molar-refractivity contribution in [3.8, 4) is 5.75 Å². The second-order valence-electron chi connectivity index (χ2n) is 5.40. The van der Waals surface area contributed by atoms with Gasteiger partial charge in [0.25, 0.3) is 0 Å². The van der Waals surface area contributed by atoms with E-state index >= 15 is 0 Å². The summed E-state index contributed by atoms with van der Waals surface area (Å²) in [5.41, 5.74) is 7.38. The van der Waals surface area contributed by atoms with Gasteiger partial charge in [0.2, 0.25) is 0 Å². The lowest BCUT2D eigenvalue weighted by atomic mass is 9.85. The van der Waals surface area contributed by atoms with Crippen LogP contribution >= 0.6 is 15.9 Å². The molecule has 1 aliphatic rings. The molecule has 4 heteroatoms. The number of hydrogen-bond acceptors (Lipinski definition) is 3. The summed E-state index contributed by atoms with van der Waals surface area (Å²) in [5.74, 6) is 0.845. The van der Waals surface area contributed by atoms with Crippen LogP contribution in [0.25, 0.3) is 0 Å². The molecule has 3 nitrogen and oxygen atoms in total. The highest BCUT2D eigenvalue weighted by Gasteiger charge is 2.34. The molecule has 106 valence electrons. The third-order valence-electron chi connectivity index (χ3n) is 3.96. The summed E-state index contributed by atoms with van der Waals surface area (Å²) in [4.78, 5) is 0. The molecule has 0 saturated carbocycles. The van der Waals surface area contributed by atoms with E-state index in [0.29, 0.717) is 0 Å². The van der Waals surface area contributed by atoms with Gasteiger partial charge in [0.1, 0.15) is 5.75 Å². The number of benzene rings is 1. The largest absolute Gasteiger partial charge is 0.496 e. The number of methoxy groups -OCH3 is 1. The lowest BCUT2D eigenvalue weighted by molar-refractivity contribution is -0.0808. The van der Waals surface area contributed by atoms with Crippen LogP contribution in [0, 0.1) is 0 Å². The summed E-state index contributed by atoms with van der Waals surface area (Å²) in [6.45, 7) is 2.96. The van der Waals surface area contributed by atoms with E-state index in [2.05, 4.69) is 35.0 Å². The Bertz CT molecular complexity index is 430. The highest BCUT2D eigenvalue weighted by atomic mass is 79.9. The van der Waals surface area contributed by atoms with Crippen molar-refractivity contribution in [3.05, 3.63) is 28.2 Å². The van der Waals surface area contributed by atoms with Gasteiger partial charge < -0.3 is 15.2 Å². The molecule has 2 unspecified atom stereocenters. The summed E-state index contributed by atoms with van der Waals surface area (Å²) >= 11 is 3.51. The van der Waals surface area contributed by atoms with Crippen LogP contribution in [-0.2, 0) is 11.2 Å². The first-order chi connectivity index (χ1) is 9.05. The van der Waals surface area contributed by atoms with Crippen molar-refractivity contribution >= 4 is 15.9 Å². The number of ether oxygens (including phenoxy) is 2. The van der Waals surface area contributed by atoms with Crippen molar-refractivity contribution in [3.63, 3.8) is 0 Å². The first-order valence-corrected chi connectivity index (χ1v) is 7.56. The van der Waals surface area contributed by atoms with Crippen molar-refractivity contribution in [2.45, 2.75) is 44.2 Å². The molecule has 0 spiro atoms. The molecule has 2 rings (SSSR count). The Kier molecular flexibility index (Phi) is 4.87. The molecule has 1 aromatic rings. The zero-order valence-electron chi connectivity index (χ0n) is 11.6. The molecule has 2 atom stereocenters. The summed E-state index contributed by atoms with van der Waals surface area (Å²) in [5, 5.41) is 0. The standard InChI is InChI=1S/C15H22BrNO2/c1-15(7-3-4-8-19-15)14(17)10-11-5-6-13(18-2)12(16)9-11/h5-6,9,14H,3-4,7-8,10,17H2,1-2H3. The minimum Gasteiger partial charge on any atom is -0.496 e. The summed E-state index contributed by atoms with van der Waals surface area (Å²) in [7, 11) is 1.67. The van der Waals surface area contributed by atoms with Gasteiger partial charge in [-0.05, 0) is 66.2 Å². The summed E-state index contributed by atoms with van der Waals surface area (Å²) in [6, 6.07) is 6.13. The number of hydrogen-bond donors (Lipinski definition) is 1. The van der Waals surface area contributed by atoms with Gasteiger partial charge in [0.15, 0.2) is 0 Å². The van der Waals surface area contributed by atoms with Crippen LogP contribution in [0.5, 0.6) is 5.75 Å². The molecular weight excluding hydrogens is 306 g/mol. The number of rotatable bonds is 4. The Hall–Kier alpha value is -0.580. The van der Waals surface area contributed by atoms with Crippen LogP contribution in [0.2, 0.25) is 0 Å². The fraction of sp³-hybridized carbons (Fsp3) is 0.600. The minimum absolute atomic E-state index is 0.0214. The van der Waals surface area contributed by atoms with Gasteiger partial charge in [-0.15, -0.1) is 0 Å². The monoisotopic (exact) mass is 327 g/mol. The maximum atomic E-state index is 6.36. The smallest absolute Gasteiger partial charge is 0.133 e. The normalized spacial score (nSPS) is 25.1. The molecule has 0 aliphatic carbocycles. The molecule has 19 heavy (non-hydrogen) atoms. The van der Waals surface area contributed by atoms with Gasteiger partial charge in [-0.25, -0.2) is 0 Å². The first kappa shape index (κ1) is 14.8. The molecule has 0 aromatic heterocycles. The predicted molar refractivity (Wildman–Crippen MR) is 80.6 cm³/mol. The van der Waals surface area contributed by atoms with Crippen molar-refractivity contribution in [1.82, 2.24) is 0 Å². The summed E-state index contributed by atoms with van der Waals surface area (Å²) < 4.78 is 12.1. The lowest BCUT2D eigenvalue weighted by Gasteiger charge is -2.39. The van der Waals surface area contributed by atoms with Crippen LogP contribution < -0.4 is 10.5 Å². The molecule has 0 amide bonds. The molecule has 0 radical (unpaired) electrons. The van der Waals surface area contributed by atoms with Crippen molar-refractivity contribution in [2.24, 2.45) is 5.73 Å². The molecule has 1 heterocycles. The third kappa shape index (κ3) is 3.50. The van der Waals surface area contributed by atoms with Gasteiger partial charge in [-0.2, -0.15) is 0 Å². The Morgan fingerprint density at radius 1 is 1.47 bits per heavy atom. The molecule has 1 aromatic carbocycles. The van der Waals surface area contributed by atoms with Gasteiger partial charge in [-0.1, -0.05) is 6.07 Å². The minimum atomic E-state index is -0.190. The first-order valence-electron chi connectivity index (χ1n) is 6.77. The zero-order valence-corrected chi connectivity index (χ0v) is 13.2. The van der Waals surface area contributed by atoms with E-state index in [9.17, 15) is 0 Å². The van der Waals surface area contributed by atoms with Gasteiger partial charge in [0, 0.05) is 12.6 Å². The fourth-order valence-electron chi connectivity index (χ4n) is 2.55. The summed E-state index contributed by atoms with van der Waals surface area (Å²) in [6.07, 6.45) is 4.22. The van der Waals surface area contributed by atoms with E-state index in [1.165, 1.54) is 12.0 Å². The molecule has 1 fully saturated rings. The van der Waals surface area contributed by atoms with Crippen LogP contribution in [0.3, 0.4) is 0 Å². The van der Waals surface area contributed by atoms with E-state index in [0.717, 1.165) is 36.1 Å². The van der Waals surface area contributed by atoms with Crippen molar-refractivity contribution in [2.75, 3.05) is 13.7 Å². The molecular formula is C15H22BrNO2. The van der Waals surface area contributed by atoms with Crippen LogP contribution in [0.15, 0.2) is 22.7 Å². The van der Waals surface area contributed by atoms with Crippen molar-refractivity contribution < 1.29 is 9.47 Å². The third-order valence-corrected chi connectivity index (χ3v) is 4.58. The van der Waals surface area contributed by atoms with E-state index in [1.807, 2.05) is 6.07 Å². The Balaban J connectivity index is 2.05. The van der Waals surface area contributed by atoms with Gasteiger partial charge in [0.05, 0.1) is 17.2 Å². The molecule has 0 bridgehead atoms. The Morgan fingerprint density at radius 3 is 2.84 bits per heavy atom. The maximum Gasteiger partial charge on any atom is 0.133 e. The maximum absolute atomic E-state index is 6.36. The zero-order chi connectivity index (χ0) is 13.9. The lowest BCUT2D eigenvalue weighted by Crippen LogP contribution is -2.50. The highest BCUT2D eigenvalue weighted by Crippen LogP contribution is 2.30. The molecule has 1 aliphatic heterocycles. The van der Waals surface area contributed by atoms with Gasteiger partial charge >= 0.3 is 0 Å². The van der Waals surface area contributed by atoms with Gasteiger partial charge in [-0.3, -0.25) is 0 Å². The second-order valence-corrected chi connectivity index (χ2v) is 6.25. The highest BCUT2D eigenvalue weighted by molar-refractivity contribution is 9.10. The van der Waals surface area contributed by atoms with Crippen LogP contribution in [0.1, 0.15) is 31.7 Å². The van der Waals surface area contributed by atoms with Crippen LogP contribution in [-0.4, -0.2) is 25.4 Å². The quantitative estimate of drug-likeness (QED) is 0.922. The average Bonchev–Trinajstić information content (AvgIpc) is 2.40. The van der Waals surface area contributed by atoms with Crippen LogP contribution in [0.4, 0.5) is 0 Å². The topological polar surface area (TPSA) is 44.5 Å².